The SMILES string of the molecule is O=NCc1ccc(CCBr)cc1. The molecule has 0 N–H and O–H groups in total. The lowest BCUT2D eigenvalue weighted by molar-refractivity contribution is 1.05. The molecule has 1 aromatic rings. The van der Waals surface area contributed by atoms with Crippen LogP contribution in [-0.2, 0) is 13.0 Å². The molecule has 0 aliphatic rings. The van der Waals surface area contributed by atoms with Crippen LogP contribution in [0.4, 0.5) is 0 Å². The molecule has 0 atom stereocenters. The smallest absolute Gasteiger partial charge is 0.106 e. The van der Waals surface area contributed by atoms with E-state index in [-0.39, 0.29) is 6.54 Å². The zero-order valence-corrected chi connectivity index (χ0v) is 8.25. The molecule has 0 saturated carbocycles. The van der Waals surface area contributed by atoms with Crippen molar-refractivity contribution in [3.05, 3.63) is 40.3 Å². The van der Waals surface area contributed by atoms with Crippen LogP contribution in [0.3, 0.4) is 0 Å². The summed E-state index contributed by atoms with van der Waals surface area (Å²) >= 11 is 3.37. The number of hydrogen-bond donors (Lipinski definition) is 0. The molecule has 0 saturated heterocycles. The van der Waals surface area contributed by atoms with Gasteiger partial charge in [-0.05, 0) is 17.5 Å². The Morgan fingerprint density at radius 2 is 1.75 bits per heavy atom. The Balaban J connectivity index is 2.64. The van der Waals surface area contributed by atoms with E-state index in [2.05, 4.69) is 21.1 Å². The van der Waals surface area contributed by atoms with Crippen molar-refractivity contribution in [1.82, 2.24) is 0 Å². The minimum Gasteiger partial charge on any atom is -0.150 e. The van der Waals surface area contributed by atoms with Crippen LogP contribution in [0.1, 0.15) is 11.1 Å². The Hall–Kier alpha value is -0.700. The Kier molecular flexibility index (Phi) is 3.94. The Morgan fingerprint density at radius 1 is 1.17 bits per heavy atom. The monoisotopic (exact) mass is 227 g/mol. The number of benzene rings is 1. The molecule has 0 unspecified atom stereocenters. The van der Waals surface area contributed by atoms with Crippen molar-refractivity contribution in [2.45, 2.75) is 13.0 Å². The maximum Gasteiger partial charge on any atom is 0.106 e. The summed E-state index contributed by atoms with van der Waals surface area (Å²) in [5.74, 6) is 0. The van der Waals surface area contributed by atoms with Gasteiger partial charge in [-0.15, -0.1) is 0 Å². The molecule has 0 fully saturated rings. The van der Waals surface area contributed by atoms with Crippen LogP contribution in [0.5, 0.6) is 0 Å². The molecule has 0 radical (unpaired) electrons. The number of hydrogen-bond acceptors (Lipinski definition) is 2. The van der Waals surface area contributed by atoms with Crippen molar-refractivity contribution in [3.8, 4) is 0 Å². The second-order valence-electron chi connectivity index (χ2n) is 2.54. The van der Waals surface area contributed by atoms with Crippen molar-refractivity contribution in [2.75, 3.05) is 5.33 Å². The fraction of sp³-hybridized carbons (Fsp3) is 0.333. The van der Waals surface area contributed by atoms with Crippen molar-refractivity contribution in [2.24, 2.45) is 5.18 Å². The minimum absolute atomic E-state index is 0.272. The van der Waals surface area contributed by atoms with E-state index >= 15 is 0 Å². The molecule has 0 aromatic heterocycles. The predicted molar refractivity (Wildman–Crippen MR) is 53.4 cm³/mol. The van der Waals surface area contributed by atoms with E-state index in [1.54, 1.807) is 0 Å². The van der Waals surface area contributed by atoms with E-state index in [1.165, 1.54) is 5.56 Å². The summed E-state index contributed by atoms with van der Waals surface area (Å²) in [4.78, 5) is 9.93. The Bertz CT molecular complexity index is 245. The molecule has 1 rings (SSSR count). The van der Waals surface area contributed by atoms with Gasteiger partial charge in [0.1, 0.15) is 6.54 Å². The van der Waals surface area contributed by atoms with E-state index in [4.69, 9.17) is 0 Å². The highest BCUT2D eigenvalue weighted by molar-refractivity contribution is 9.09. The summed E-state index contributed by atoms with van der Waals surface area (Å²) in [6.07, 6.45) is 1.02. The average molecular weight is 228 g/mol. The molecule has 1 aromatic carbocycles. The highest BCUT2D eigenvalue weighted by Gasteiger charge is 1.93. The quantitative estimate of drug-likeness (QED) is 0.575. The summed E-state index contributed by atoms with van der Waals surface area (Å²) in [5, 5.41) is 3.79. The van der Waals surface area contributed by atoms with Gasteiger partial charge in [-0.2, -0.15) is 4.91 Å². The van der Waals surface area contributed by atoms with Crippen molar-refractivity contribution in [1.29, 1.82) is 0 Å². The number of alkyl halides is 1. The molecule has 0 aliphatic carbocycles. The first-order chi connectivity index (χ1) is 5.86. The van der Waals surface area contributed by atoms with Gasteiger partial charge in [0.05, 0.1) is 0 Å². The maximum atomic E-state index is 9.93. The van der Waals surface area contributed by atoms with Gasteiger partial charge in [-0.1, -0.05) is 45.4 Å². The third-order valence-corrected chi connectivity index (χ3v) is 2.05. The second-order valence-corrected chi connectivity index (χ2v) is 3.34. The van der Waals surface area contributed by atoms with Crippen LogP contribution >= 0.6 is 15.9 Å². The molecule has 12 heavy (non-hydrogen) atoms. The summed E-state index contributed by atoms with van der Waals surface area (Å²) in [7, 11) is 0. The first-order valence-corrected chi connectivity index (χ1v) is 4.92. The molecule has 0 heterocycles. The largest absolute Gasteiger partial charge is 0.150 e. The molecule has 2 nitrogen and oxygen atoms in total. The lowest BCUT2D eigenvalue weighted by atomic mass is 10.1. The predicted octanol–water partition coefficient (Wildman–Crippen LogP) is 2.89. The van der Waals surface area contributed by atoms with Crippen LogP contribution < -0.4 is 0 Å². The van der Waals surface area contributed by atoms with Crippen LogP contribution in [0.2, 0.25) is 0 Å². The Labute approximate surface area is 80.1 Å². The summed E-state index contributed by atoms with van der Waals surface area (Å²) in [6, 6.07) is 7.95. The zero-order chi connectivity index (χ0) is 8.81. The fourth-order valence-electron chi connectivity index (χ4n) is 0.995. The van der Waals surface area contributed by atoms with Gasteiger partial charge in [-0.25, -0.2) is 0 Å². The van der Waals surface area contributed by atoms with Crippen LogP contribution in [0.15, 0.2) is 29.4 Å². The standard InChI is InChI=1S/C9H10BrNO/c10-6-5-8-1-3-9(4-2-8)7-11-12/h1-4H,5-7H2. The van der Waals surface area contributed by atoms with E-state index < -0.39 is 0 Å². The van der Waals surface area contributed by atoms with Gasteiger partial charge in [0, 0.05) is 5.33 Å². The maximum absolute atomic E-state index is 9.93. The van der Waals surface area contributed by atoms with Crippen molar-refractivity contribution >= 4 is 15.9 Å². The van der Waals surface area contributed by atoms with Crippen molar-refractivity contribution < 1.29 is 0 Å². The van der Waals surface area contributed by atoms with E-state index in [0.717, 1.165) is 17.3 Å². The molecule has 0 spiro atoms. The lowest BCUT2D eigenvalue weighted by Gasteiger charge is -1.98. The van der Waals surface area contributed by atoms with Crippen LogP contribution in [-0.4, -0.2) is 5.33 Å². The summed E-state index contributed by atoms with van der Waals surface area (Å²) < 4.78 is 0. The molecule has 0 aliphatic heterocycles. The highest BCUT2D eigenvalue weighted by atomic mass is 79.9. The molecular formula is C9H10BrNO. The van der Waals surface area contributed by atoms with E-state index in [9.17, 15) is 4.91 Å². The molecule has 3 heteroatoms. The Morgan fingerprint density at radius 3 is 2.25 bits per heavy atom. The van der Waals surface area contributed by atoms with Crippen LogP contribution in [0, 0.1) is 4.91 Å². The number of halogens is 1. The molecular weight excluding hydrogens is 218 g/mol. The third-order valence-electron chi connectivity index (χ3n) is 1.65. The number of nitroso groups, excluding NO2 is 1. The van der Waals surface area contributed by atoms with E-state index in [1.807, 2.05) is 24.3 Å². The minimum atomic E-state index is 0.272. The molecule has 64 valence electrons. The fourth-order valence-corrected chi connectivity index (χ4v) is 1.45. The van der Waals surface area contributed by atoms with Gasteiger partial charge in [0.2, 0.25) is 0 Å². The summed E-state index contributed by atoms with van der Waals surface area (Å²) in [5.41, 5.74) is 2.25. The first-order valence-electron chi connectivity index (χ1n) is 3.79. The first kappa shape index (κ1) is 9.39. The highest BCUT2D eigenvalue weighted by Crippen LogP contribution is 2.06. The third kappa shape index (κ3) is 2.74. The molecule has 0 bridgehead atoms. The van der Waals surface area contributed by atoms with E-state index in [0.29, 0.717) is 0 Å². The van der Waals surface area contributed by atoms with Gasteiger partial charge in [0.15, 0.2) is 0 Å². The number of aryl methyl sites for hydroxylation is 1. The zero-order valence-electron chi connectivity index (χ0n) is 6.66. The lowest BCUT2D eigenvalue weighted by Crippen LogP contribution is -1.86. The molecule has 0 amide bonds. The topological polar surface area (TPSA) is 29.4 Å². The van der Waals surface area contributed by atoms with Crippen molar-refractivity contribution in [3.63, 3.8) is 0 Å². The number of rotatable bonds is 4. The average Bonchev–Trinajstić information content (AvgIpc) is 2.09. The second kappa shape index (κ2) is 5.04. The van der Waals surface area contributed by atoms with Gasteiger partial charge < -0.3 is 0 Å². The normalized spacial score (nSPS) is 9.75. The van der Waals surface area contributed by atoms with Gasteiger partial charge in [0.25, 0.3) is 0 Å². The van der Waals surface area contributed by atoms with Gasteiger partial charge in [-0.3, -0.25) is 0 Å². The summed E-state index contributed by atoms with van der Waals surface area (Å²) in [6.45, 7) is 0.272. The number of nitrogens with zero attached hydrogens (tertiary/aromatic N) is 1. The van der Waals surface area contributed by atoms with Crippen LogP contribution in [0.25, 0.3) is 0 Å². The van der Waals surface area contributed by atoms with Gasteiger partial charge >= 0.3 is 0 Å².